The lowest BCUT2D eigenvalue weighted by Crippen LogP contribution is -2.39. The zero-order chi connectivity index (χ0) is 35.8. The number of hydrogen-bond acceptors (Lipinski definition) is 7. The van der Waals surface area contributed by atoms with E-state index < -0.39 is 29.4 Å². The van der Waals surface area contributed by atoms with Crippen LogP contribution in [0.15, 0.2) is 82.4 Å². The lowest BCUT2D eigenvalue weighted by atomic mass is 10.1. The van der Waals surface area contributed by atoms with Crippen molar-refractivity contribution < 1.29 is 23.1 Å². The van der Waals surface area contributed by atoms with Gasteiger partial charge in [0.25, 0.3) is 5.56 Å². The predicted molar refractivity (Wildman–Crippen MR) is 191 cm³/mol. The van der Waals surface area contributed by atoms with E-state index in [1.165, 1.54) is 10.6 Å². The fourth-order valence-corrected chi connectivity index (χ4v) is 6.76. The highest BCUT2D eigenvalue weighted by Crippen LogP contribution is 2.38. The van der Waals surface area contributed by atoms with E-state index in [-0.39, 0.29) is 47.2 Å². The van der Waals surface area contributed by atoms with Gasteiger partial charge in [0.05, 0.1) is 24.2 Å². The van der Waals surface area contributed by atoms with Crippen molar-refractivity contribution in [1.82, 2.24) is 24.7 Å². The van der Waals surface area contributed by atoms with Crippen molar-refractivity contribution >= 4 is 39.2 Å². The number of carbonyl (C=O) groups is 2. The summed E-state index contributed by atoms with van der Waals surface area (Å²) in [6, 6.07) is 18.4. The molecule has 0 atom stereocenters. The lowest BCUT2D eigenvalue weighted by molar-refractivity contribution is -0.130. The first kappa shape index (κ1) is 36.1. The number of amides is 3. The van der Waals surface area contributed by atoms with Crippen LogP contribution in [0.25, 0.3) is 26.3 Å². The van der Waals surface area contributed by atoms with Crippen LogP contribution in [-0.2, 0) is 22.6 Å². The molecule has 0 aliphatic rings. The number of nitrogens with one attached hydrogen (secondary N) is 3. The van der Waals surface area contributed by atoms with Gasteiger partial charge in [0.1, 0.15) is 16.5 Å². The molecule has 0 saturated heterocycles. The second-order valence-corrected chi connectivity index (χ2v) is 12.4. The highest BCUT2D eigenvalue weighted by molar-refractivity contribution is 7.22. The smallest absolute Gasteiger partial charge is 0.337 e. The topological polar surface area (TPSA) is 127 Å². The van der Waals surface area contributed by atoms with E-state index in [9.17, 15) is 28.0 Å². The molecule has 3 amide bonds. The Kier molecular flexibility index (Phi) is 11.9. The monoisotopic (exact) mass is 704 g/mol. The van der Waals surface area contributed by atoms with E-state index in [2.05, 4.69) is 16.0 Å². The van der Waals surface area contributed by atoms with Crippen LogP contribution in [0, 0.1) is 11.6 Å². The Hall–Kier alpha value is -5.18. The molecule has 5 rings (SSSR count). The van der Waals surface area contributed by atoms with Gasteiger partial charge in [-0.25, -0.2) is 22.9 Å². The number of hydrogen-bond donors (Lipinski definition) is 3. The standard InChI is InChI=1S/C36H38F2N6O5S/c1-4-40-35(47)41-24-15-13-23(14-16-24)32-26(21-39-18-17-30(45)42(2)19-20-49-3)31-33(46)44(25-9-6-5-7-10-25)36(48)43(34(31)50-32)22-27-28(37)11-8-12-29(27)38/h5-16,39H,4,17-22H2,1-3H3,(H2,40,41,47). The number of halogens is 2. The maximum Gasteiger partial charge on any atom is 0.337 e. The summed E-state index contributed by atoms with van der Waals surface area (Å²) in [6.45, 7) is 3.07. The van der Waals surface area contributed by atoms with Gasteiger partial charge >= 0.3 is 11.7 Å². The highest BCUT2D eigenvalue weighted by atomic mass is 32.1. The van der Waals surface area contributed by atoms with E-state index in [1.807, 2.05) is 0 Å². The molecule has 0 aliphatic heterocycles. The van der Waals surface area contributed by atoms with Gasteiger partial charge in [0.2, 0.25) is 5.91 Å². The molecule has 3 N–H and O–H groups in total. The molecule has 262 valence electrons. The minimum absolute atomic E-state index is 0.0904. The normalized spacial score (nSPS) is 11.1. The maximum absolute atomic E-state index is 15.0. The molecule has 0 saturated carbocycles. The van der Waals surface area contributed by atoms with Crippen LogP contribution < -0.4 is 27.2 Å². The van der Waals surface area contributed by atoms with E-state index in [1.54, 1.807) is 80.6 Å². The summed E-state index contributed by atoms with van der Waals surface area (Å²) < 4.78 is 37.3. The molecule has 0 radical (unpaired) electrons. The summed E-state index contributed by atoms with van der Waals surface area (Å²) in [6.07, 6.45) is 0.184. The van der Waals surface area contributed by atoms with E-state index in [0.29, 0.717) is 47.1 Å². The maximum atomic E-state index is 15.0. The molecule has 50 heavy (non-hydrogen) atoms. The molecule has 0 spiro atoms. The number of nitrogens with zero attached hydrogens (tertiary/aromatic N) is 3. The van der Waals surface area contributed by atoms with Gasteiger partial charge in [-0.3, -0.25) is 14.2 Å². The molecule has 2 heterocycles. The number of urea groups is 1. The average molecular weight is 705 g/mol. The molecule has 5 aromatic rings. The largest absolute Gasteiger partial charge is 0.383 e. The second-order valence-electron chi connectivity index (χ2n) is 11.4. The fraction of sp³-hybridized carbons (Fsp3) is 0.278. The average Bonchev–Trinajstić information content (AvgIpc) is 3.48. The quantitative estimate of drug-likeness (QED) is 0.141. The van der Waals surface area contributed by atoms with E-state index >= 15 is 0 Å². The zero-order valence-electron chi connectivity index (χ0n) is 27.9. The molecule has 3 aromatic carbocycles. The second kappa shape index (κ2) is 16.5. The number of ether oxygens (including phenoxy) is 1. The third-order valence-electron chi connectivity index (χ3n) is 8.08. The number of methoxy groups -OCH3 is 1. The minimum atomic E-state index is -0.823. The van der Waals surface area contributed by atoms with Crippen LogP contribution in [0.4, 0.5) is 19.3 Å². The molecule has 2 aromatic heterocycles. The highest BCUT2D eigenvalue weighted by Gasteiger charge is 2.25. The van der Waals surface area contributed by atoms with Crippen LogP contribution >= 0.6 is 11.3 Å². The summed E-state index contributed by atoms with van der Waals surface area (Å²) in [4.78, 5) is 55.7. The molecule has 14 heteroatoms. The lowest BCUT2D eigenvalue weighted by Gasteiger charge is -2.17. The van der Waals surface area contributed by atoms with Gasteiger partial charge in [-0.1, -0.05) is 36.4 Å². The van der Waals surface area contributed by atoms with E-state index in [0.717, 1.165) is 28.0 Å². The molecular formula is C36H38F2N6O5S. The van der Waals surface area contributed by atoms with Crippen LogP contribution in [0.1, 0.15) is 24.5 Å². The number of anilines is 1. The molecular weight excluding hydrogens is 666 g/mol. The van der Waals surface area contributed by atoms with Gasteiger partial charge in [-0.2, -0.15) is 0 Å². The van der Waals surface area contributed by atoms with Gasteiger partial charge in [0.15, 0.2) is 0 Å². The van der Waals surface area contributed by atoms with Crippen molar-refractivity contribution in [2.24, 2.45) is 0 Å². The zero-order valence-corrected chi connectivity index (χ0v) is 28.7. The Morgan fingerprint density at radius 1 is 0.940 bits per heavy atom. The molecule has 0 aliphatic carbocycles. The first-order valence-corrected chi connectivity index (χ1v) is 16.8. The summed E-state index contributed by atoms with van der Waals surface area (Å²) in [5, 5.41) is 8.91. The first-order chi connectivity index (χ1) is 24.1. The number of carbonyl (C=O) groups excluding carboxylic acids is 2. The van der Waals surface area contributed by atoms with Crippen molar-refractivity contribution in [2.45, 2.75) is 26.4 Å². The Bertz CT molecular complexity index is 2080. The van der Waals surface area contributed by atoms with Crippen molar-refractivity contribution in [3.8, 4) is 16.1 Å². The number of benzene rings is 3. The Balaban J connectivity index is 1.66. The summed E-state index contributed by atoms with van der Waals surface area (Å²) >= 11 is 1.15. The Labute approximate surface area is 291 Å². The third kappa shape index (κ3) is 7.99. The van der Waals surface area contributed by atoms with Crippen molar-refractivity contribution in [1.29, 1.82) is 0 Å². The number of aromatic nitrogens is 2. The molecule has 0 fully saturated rings. The number of likely N-dealkylation sites (N-methyl/N-ethyl adjacent to an activating group) is 1. The minimum Gasteiger partial charge on any atom is -0.383 e. The van der Waals surface area contributed by atoms with Gasteiger partial charge < -0.3 is 25.6 Å². The van der Waals surface area contributed by atoms with Crippen molar-refractivity contribution in [3.05, 3.63) is 116 Å². The Morgan fingerprint density at radius 3 is 2.30 bits per heavy atom. The molecule has 11 nitrogen and oxygen atoms in total. The Morgan fingerprint density at radius 2 is 1.64 bits per heavy atom. The number of thiophene rings is 1. The van der Waals surface area contributed by atoms with Gasteiger partial charge in [-0.15, -0.1) is 11.3 Å². The summed E-state index contributed by atoms with van der Waals surface area (Å²) in [5.74, 6) is -1.74. The number of para-hydroxylation sites is 1. The number of fused-ring (bicyclic) bond motifs is 1. The van der Waals surface area contributed by atoms with Gasteiger partial charge in [-0.05, 0) is 54.4 Å². The molecule has 0 bridgehead atoms. The third-order valence-corrected chi connectivity index (χ3v) is 9.39. The van der Waals surface area contributed by atoms with Crippen molar-refractivity contribution in [2.75, 3.05) is 45.7 Å². The van der Waals surface area contributed by atoms with Crippen LogP contribution in [0.2, 0.25) is 0 Å². The van der Waals surface area contributed by atoms with Crippen LogP contribution in [-0.4, -0.2) is 66.4 Å². The van der Waals surface area contributed by atoms with Crippen LogP contribution in [0.5, 0.6) is 0 Å². The van der Waals surface area contributed by atoms with Crippen LogP contribution in [0.3, 0.4) is 0 Å². The SMILES string of the molecule is CCNC(=O)Nc1ccc(-c2sc3c(c2CNCCC(=O)N(C)CCOC)c(=O)n(-c2ccccc2)c(=O)n3Cc2c(F)cccc2F)cc1. The number of rotatable bonds is 14. The first-order valence-electron chi connectivity index (χ1n) is 16.0. The van der Waals surface area contributed by atoms with Gasteiger partial charge in [0, 0.05) is 62.9 Å². The summed E-state index contributed by atoms with van der Waals surface area (Å²) in [5.41, 5.74) is 0.397. The molecule has 0 unspecified atom stereocenters. The summed E-state index contributed by atoms with van der Waals surface area (Å²) in [7, 11) is 3.26. The predicted octanol–water partition coefficient (Wildman–Crippen LogP) is 4.93. The fourth-order valence-electron chi connectivity index (χ4n) is 5.45. The van der Waals surface area contributed by atoms with E-state index in [4.69, 9.17) is 4.74 Å². The van der Waals surface area contributed by atoms with Crippen molar-refractivity contribution in [3.63, 3.8) is 0 Å².